The number of amides is 1. The van der Waals surface area contributed by atoms with Gasteiger partial charge in [0, 0.05) is 20.2 Å². The van der Waals surface area contributed by atoms with Gasteiger partial charge >= 0.3 is 0 Å². The first-order chi connectivity index (χ1) is 6.77. The highest BCUT2D eigenvalue weighted by atomic mass is 35.5. The van der Waals surface area contributed by atoms with Crippen molar-refractivity contribution in [3.05, 3.63) is 0 Å². The summed E-state index contributed by atoms with van der Waals surface area (Å²) >= 11 is 0. The number of carbonyl (C=O) groups is 1. The van der Waals surface area contributed by atoms with Crippen LogP contribution >= 0.6 is 12.4 Å². The van der Waals surface area contributed by atoms with Crippen LogP contribution in [0.3, 0.4) is 0 Å². The number of hydrogen-bond acceptors (Lipinski definition) is 4. The quantitative estimate of drug-likeness (QED) is 0.718. The maximum absolute atomic E-state index is 11.5. The van der Waals surface area contributed by atoms with Gasteiger partial charge in [-0.1, -0.05) is 0 Å². The van der Waals surface area contributed by atoms with Gasteiger partial charge in [-0.2, -0.15) is 0 Å². The Labute approximate surface area is 96.5 Å². The topological polar surface area (TPSA) is 50.8 Å². The first-order valence-electron chi connectivity index (χ1n) is 4.81. The van der Waals surface area contributed by atoms with Gasteiger partial charge in [0.1, 0.15) is 0 Å². The summed E-state index contributed by atoms with van der Waals surface area (Å²) in [5, 5.41) is 2.85. The van der Waals surface area contributed by atoms with E-state index in [1.807, 2.05) is 4.90 Å². The smallest absolute Gasteiger partial charge is 0.236 e. The van der Waals surface area contributed by atoms with Gasteiger partial charge in [0.25, 0.3) is 0 Å². The third-order valence-electron chi connectivity index (χ3n) is 2.17. The molecule has 90 valence electrons. The molecule has 1 unspecified atom stereocenters. The summed E-state index contributed by atoms with van der Waals surface area (Å²) in [7, 11) is 3.41. The zero-order chi connectivity index (χ0) is 10.4. The Morgan fingerprint density at radius 1 is 1.67 bits per heavy atom. The van der Waals surface area contributed by atoms with Gasteiger partial charge in [-0.3, -0.25) is 4.79 Å². The lowest BCUT2D eigenvalue weighted by molar-refractivity contribution is -0.139. The number of rotatable bonds is 4. The minimum atomic E-state index is 0. The molecule has 5 nitrogen and oxygen atoms in total. The summed E-state index contributed by atoms with van der Waals surface area (Å²) < 4.78 is 10.4. The lowest BCUT2D eigenvalue weighted by Gasteiger charge is -2.32. The average molecular weight is 239 g/mol. The molecule has 15 heavy (non-hydrogen) atoms. The molecular weight excluding hydrogens is 220 g/mol. The monoisotopic (exact) mass is 238 g/mol. The Kier molecular flexibility index (Phi) is 7.68. The molecule has 1 rings (SSSR count). The predicted molar refractivity (Wildman–Crippen MR) is 59.4 cm³/mol. The number of morpholine rings is 1. The van der Waals surface area contributed by atoms with Crippen molar-refractivity contribution in [2.75, 3.05) is 47.0 Å². The molecule has 1 heterocycles. The lowest BCUT2D eigenvalue weighted by atomic mass is 10.3. The summed E-state index contributed by atoms with van der Waals surface area (Å²) in [6.07, 6.45) is 0.0227. The van der Waals surface area contributed by atoms with E-state index < -0.39 is 0 Å². The number of ether oxygens (including phenoxy) is 2. The highest BCUT2D eigenvalue weighted by molar-refractivity contribution is 5.85. The van der Waals surface area contributed by atoms with Crippen LogP contribution in [0.4, 0.5) is 0 Å². The number of halogens is 1. The zero-order valence-electron chi connectivity index (χ0n) is 9.19. The highest BCUT2D eigenvalue weighted by Gasteiger charge is 2.23. The van der Waals surface area contributed by atoms with Gasteiger partial charge in [0.15, 0.2) is 0 Å². The van der Waals surface area contributed by atoms with Crippen LogP contribution in [0, 0.1) is 0 Å². The van der Waals surface area contributed by atoms with Gasteiger partial charge in [-0.05, 0) is 7.05 Å². The molecule has 0 saturated carbocycles. The van der Waals surface area contributed by atoms with Crippen LogP contribution in [0.1, 0.15) is 0 Å². The Bertz CT molecular complexity index is 190. The second-order valence-corrected chi connectivity index (χ2v) is 3.32. The molecule has 0 aromatic carbocycles. The standard InChI is InChI=1S/C9H18N2O3.ClH/c1-10-5-9(12)11-3-4-14-8(6-11)7-13-2;/h8,10H,3-7H2,1-2H3;1H. The van der Waals surface area contributed by atoms with Crippen molar-refractivity contribution in [3.63, 3.8) is 0 Å². The molecule has 6 heteroatoms. The number of hydrogen-bond donors (Lipinski definition) is 1. The first-order valence-corrected chi connectivity index (χ1v) is 4.81. The summed E-state index contributed by atoms with van der Waals surface area (Å²) in [6.45, 7) is 2.85. The van der Waals surface area contributed by atoms with Crippen molar-refractivity contribution in [2.24, 2.45) is 0 Å². The van der Waals surface area contributed by atoms with E-state index in [9.17, 15) is 4.79 Å². The maximum Gasteiger partial charge on any atom is 0.236 e. The van der Waals surface area contributed by atoms with Crippen LogP contribution in [0.2, 0.25) is 0 Å². The van der Waals surface area contributed by atoms with Crippen molar-refractivity contribution in [1.29, 1.82) is 0 Å². The van der Waals surface area contributed by atoms with E-state index in [4.69, 9.17) is 9.47 Å². The molecule has 0 aromatic rings. The Balaban J connectivity index is 0.00000196. The number of nitrogens with zero attached hydrogens (tertiary/aromatic N) is 1. The molecule has 1 N–H and O–H groups in total. The fourth-order valence-corrected chi connectivity index (χ4v) is 1.50. The Morgan fingerprint density at radius 2 is 2.40 bits per heavy atom. The normalized spacial score (nSPS) is 20.9. The number of likely N-dealkylation sites (N-methyl/N-ethyl adjacent to an activating group) is 1. The fourth-order valence-electron chi connectivity index (χ4n) is 1.50. The lowest BCUT2D eigenvalue weighted by Crippen LogP contribution is -2.49. The molecular formula is C9H19ClN2O3. The first kappa shape index (κ1) is 14.6. The molecule has 0 spiro atoms. The van der Waals surface area contributed by atoms with E-state index in [-0.39, 0.29) is 24.4 Å². The minimum Gasteiger partial charge on any atom is -0.382 e. The largest absolute Gasteiger partial charge is 0.382 e. The SMILES string of the molecule is CNCC(=O)N1CCOC(COC)C1.Cl. The molecule has 1 fully saturated rings. The molecule has 1 aliphatic rings. The molecule has 1 aliphatic heterocycles. The van der Waals surface area contributed by atoms with E-state index in [1.165, 1.54) is 0 Å². The number of nitrogens with one attached hydrogen (secondary N) is 1. The van der Waals surface area contributed by atoms with Crippen LogP contribution in [-0.4, -0.2) is 63.9 Å². The third-order valence-corrected chi connectivity index (χ3v) is 2.17. The van der Waals surface area contributed by atoms with Crippen LogP contribution in [-0.2, 0) is 14.3 Å². The Morgan fingerprint density at radius 3 is 3.00 bits per heavy atom. The van der Waals surface area contributed by atoms with Crippen LogP contribution < -0.4 is 5.32 Å². The second kappa shape index (κ2) is 7.87. The van der Waals surface area contributed by atoms with Crippen molar-refractivity contribution in [3.8, 4) is 0 Å². The molecule has 0 bridgehead atoms. The fraction of sp³-hybridized carbons (Fsp3) is 0.889. The van der Waals surface area contributed by atoms with Crippen LogP contribution in [0.25, 0.3) is 0 Å². The van der Waals surface area contributed by atoms with Gasteiger partial charge in [0.05, 0.1) is 25.9 Å². The van der Waals surface area contributed by atoms with E-state index in [0.29, 0.717) is 32.8 Å². The van der Waals surface area contributed by atoms with E-state index >= 15 is 0 Å². The third kappa shape index (κ3) is 4.79. The van der Waals surface area contributed by atoms with E-state index in [1.54, 1.807) is 14.2 Å². The molecule has 1 amide bonds. The zero-order valence-corrected chi connectivity index (χ0v) is 10.0. The van der Waals surface area contributed by atoms with Gasteiger partial charge in [-0.25, -0.2) is 0 Å². The van der Waals surface area contributed by atoms with Gasteiger partial charge < -0.3 is 19.7 Å². The minimum absolute atomic E-state index is 0. The van der Waals surface area contributed by atoms with E-state index in [2.05, 4.69) is 5.32 Å². The van der Waals surface area contributed by atoms with Crippen molar-refractivity contribution in [1.82, 2.24) is 10.2 Å². The molecule has 1 atom stereocenters. The highest BCUT2D eigenvalue weighted by Crippen LogP contribution is 2.05. The van der Waals surface area contributed by atoms with Crippen molar-refractivity contribution < 1.29 is 14.3 Å². The average Bonchev–Trinajstić information content (AvgIpc) is 2.19. The van der Waals surface area contributed by atoms with Crippen molar-refractivity contribution in [2.45, 2.75) is 6.10 Å². The summed E-state index contributed by atoms with van der Waals surface area (Å²) in [5.74, 6) is 0.122. The maximum atomic E-state index is 11.5. The Hall–Kier alpha value is -0.360. The summed E-state index contributed by atoms with van der Waals surface area (Å²) in [6, 6.07) is 0. The molecule has 0 radical (unpaired) electrons. The van der Waals surface area contributed by atoms with Crippen molar-refractivity contribution >= 4 is 18.3 Å². The van der Waals surface area contributed by atoms with Crippen LogP contribution in [0.5, 0.6) is 0 Å². The molecule has 1 saturated heterocycles. The van der Waals surface area contributed by atoms with Crippen LogP contribution in [0.15, 0.2) is 0 Å². The van der Waals surface area contributed by atoms with Gasteiger partial charge in [0.2, 0.25) is 5.91 Å². The summed E-state index contributed by atoms with van der Waals surface area (Å²) in [4.78, 5) is 13.3. The predicted octanol–water partition coefficient (Wildman–Crippen LogP) is -0.499. The number of methoxy groups -OCH3 is 1. The number of carbonyl (C=O) groups excluding carboxylic acids is 1. The summed E-state index contributed by atoms with van der Waals surface area (Å²) in [5.41, 5.74) is 0. The van der Waals surface area contributed by atoms with E-state index in [0.717, 1.165) is 0 Å². The second-order valence-electron chi connectivity index (χ2n) is 3.32. The van der Waals surface area contributed by atoms with Gasteiger partial charge in [-0.15, -0.1) is 12.4 Å². The molecule has 0 aliphatic carbocycles. The molecule has 0 aromatic heterocycles.